The molecule has 7 nitrogen and oxygen atoms in total. The molecule has 0 bridgehead atoms. The number of hydrogen-bond donors (Lipinski definition) is 2. The SMILES string of the molecule is COc1cc(C2c3c(cc(OC)c(O)c3OC)CC3COCC32)cc(OC)c1O. The van der Waals surface area contributed by atoms with Gasteiger partial charge in [0.05, 0.1) is 41.7 Å². The molecule has 3 atom stereocenters. The van der Waals surface area contributed by atoms with Crippen LogP contribution in [0.2, 0.25) is 0 Å². The van der Waals surface area contributed by atoms with E-state index in [9.17, 15) is 10.2 Å². The smallest absolute Gasteiger partial charge is 0.201 e. The summed E-state index contributed by atoms with van der Waals surface area (Å²) in [6.07, 6.45) is 0.815. The molecular weight excluding hydrogens is 376 g/mol. The van der Waals surface area contributed by atoms with E-state index in [1.165, 1.54) is 21.3 Å². The molecule has 0 spiro atoms. The van der Waals surface area contributed by atoms with Gasteiger partial charge in [-0.25, -0.2) is 0 Å². The number of phenols is 2. The van der Waals surface area contributed by atoms with Gasteiger partial charge >= 0.3 is 0 Å². The maximum atomic E-state index is 10.7. The van der Waals surface area contributed by atoms with Crippen LogP contribution in [0.15, 0.2) is 18.2 Å². The van der Waals surface area contributed by atoms with Crippen molar-refractivity contribution in [3.05, 3.63) is 34.9 Å². The van der Waals surface area contributed by atoms with Crippen molar-refractivity contribution in [2.75, 3.05) is 41.7 Å². The van der Waals surface area contributed by atoms with Crippen LogP contribution in [0.1, 0.15) is 22.6 Å². The third-order valence-corrected chi connectivity index (χ3v) is 6.10. The van der Waals surface area contributed by atoms with Crippen molar-refractivity contribution in [2.24, 2.45) is 11.8 Å². The Morgan fingerprint density at radius 1 is 0.828 bits per heavy atom. The summed E-state index contributed by atoms with van der Waals surface area (Å²) in [5, 5.41) is 21.1. The van der Waals surface area contributed by atoms with Crippen molar-refractivity contribution < 1.29 is 33.9 Å². The first kappa shape index (κ1) is 19.5. The summed E-state index contributed by atoms with van der Waals surface area (Å²) in [5.74, 6) is 1.80. The van der Waals surface area contributed by atoms with Crippen LogP contribution in [0.4, 0.5) is 0 Å². The van der Waals surface area contributed by atoms with Crippen LogP contribution < -0.4 is 18.9 Å². The molecule has 1 saturated heterocycles. The lowest BCUT2D eigenvalue weighted by Crippen LogP contribution is -2.30. The van der Waals surface area contributed by atoms with Crippen LogP contribution in [0.25, 0.3) is 0 Å². The van der Waals surface area contributed by atoms with Crippen molar-refractivity contribution in [1.82, 2.24) is 0 Å². The molecule has 2 aromatic rings. The first-order valence-corrected chi connectivity index (χ1v) is 9.53. The predicted octanol–water partition coefficient (Wildman–Crippen LogP) is 3.08. The van der Waals surface area contributed by atoms with Gasteiger partial charge < -0.3 is 33.9 Å². The van der Waals surface area contributed by atoms with Crippen LogP contribution in [-0.2, 0) is 11.2 Å². The van der Waals surface area contributed by atoms with Crippen molar-refractivity contribution in [2.45, 2.75) is 12.3 Å². The lowest BCUT2D eigenvalue weighted by molar-refractivity contribution is 0.179. The summed E-state index contributed by atoms with van der Waals surface area (Å²) in [5.41, 5.74) is 2.87. The maximum Gasteiger partial charge on any atom is 0.201 e. The van der Waals surface area contributed by atoms with Gasteiger partial charge in [-0.3, -0.25) is 0 Å². The minimum Gasteiger partial charge on any atom is -0.502 e. The van der Waals surface area contributed by atoms with Gasteiger partial charge in [0.1, 0.15) is 0 Å². The average molecular weight is 402 g/mol. The Hall–Kier alpha value is -2.80. The molecule has 156 valence electrons. The Labute approximate surface area is 169 Å². The van der Waals surface area contributed by atoms with Crippen LogP contribution in [0.3, 0.4) is 0 Å². The van der Waals surface area contributed by atoms with E-state index in [0.29, 0.717) is 42.1 Å². The summed E-state index contributed by atoms with van der Waals surface area (Å²) in [6.45, 7) is 1.29. The number of methoxy groups -OCH3 is 4. The van der Waals surface area contributed by atoms with Gasteiger partial charge in [0.2, 0.25) is 11.5 Å². The van der Waals surface area contributed by atoms with E-state index >= 15 is 0 Å². The molecule has 2 aliphatic rings. The van der Waals surface area contributed by atoms with Crippen LogP contribution in [0, 0.1) is 11.8 Å². The highest BCUT2D eigenvalue weighted by atomic mass is 16.5. The first-order chi connectivity index (χ1) is 14.0. The number of benzene rings is 2. The number of phenolic OH excluding ortho intramolecular Hbond substituents is 2. The van der Waals surface area contributed by atoms with Crippen molar-refractivity contribution in [1.29, 1.82) is 0 Å². The summed E-state index contributed by atoms with van der Waals surface area (Å²) in [6, 6.07) is 5.51. The van der Waals surface area contributed by atoms with Crippen LogP contribution in [-0.4, -0.2) is 51.9 Å². The topological polar surface area (TPSA) is 86.6 Å². The highest BCUT2D eigenvalue weighted by Gasteiger charge is 2.44. The Morgan fingerprint density at radius 2 is 1.45 bits per heavy atom. The van der Waals surface area contributed by atoms with E-state index in [1.807, 2.05) is 18.2 Å². The lowest BCUT2D eigenvalue weighted by atomic mass is 9.67. The standard InChI is InChI=1S/C22H26O7/c1-25-15-7-12(8-16(26-2)20(15)23)18-14-10-29-9-13(14)5-11-6-17(27-3)21(24)22(28-4)19(11)18/h6-8,13-14,18,23-24H,5,9-10H2,1-4H3. The molecule has 1 aliphatic carbocycles. The van der Waals surface area contributed by atoms with Gasteiger partial charge in [-0.1, -0.05) is 0 Å². The molecule has 0 radical (unpaired) electrons. The number of ether oxygens (including phenoxy) is 5. The number of aromatic hydroxyl groups is 2. The molecular formula is C22H26O7. The summed E-state index contributed by atoms with van der Waals surface area (Å²) in [4.78, 5) is 0. The largest absolute Gasteiger partial charge is 0.502 e. The molecule has 1 fully saturated rings. The second-order valence-electron chi connectivity index (χ2n) is 7.45. The van der Waals surface area contributed by atoms with E-state index in [1.54, 1.807) is 7.11 Å². The molecule has 4 rings (SSSR count). The molecule has 0 aromatic heterocycles. The molecule has 0 saturated carbocycles. The molecule has 1 aliphatic heterocycles. The van der Waals surface area contributed by atoms with Gasteiger partial charge in [-0.05, 0) is 47.6 Å². The van der Waals surface area contributed by atoms with Crippen LogP contribution in [0.5, 0.6) is 34.5 Å². The van der Waals surface area contributed by atoms with Gasteiger partial charge in [0.25, 0.3) is 0 Å². The van der Waals surface area contributed by atoms with Gasteiger partial charge in [-0.2, -0.15) is 0 Å². The number of hydrogen-bond acceptors (Lipinski definition) is 7. The summed E-state index contributed by atoms with van der Waals surface area (Å²) >= 11 is 0. The van der Waals surface area contributed by atoms with E-state index in [0.717, 1.165) is 23.1 Å². The van der Waals surface area contributed by atoms with E-state index in [-0.39, 0.29) is 23.3 Å². The number of fused-ring (bicyclic) bond motifs is 2. The van der Waals surface area contributed by atoms with Crippen LogP contribution >= 0.6 is 0 Å². The van der Waals surface area contributed by atoms with E-state index in [4.69, 9.17) is 23.7 Å². The fraction of sp³-hybridized carbons (Fsp3) is 0.455. The Kier molecular flexibility index (Phi) is 5.08. The van der Waals surface area contributed by atoms with Crippen molar-refractivity contribution in [3.63, 3.8) is 0 Å². The Bertz CT molecular complexity index is 899. The van der Waals surface area contributed by atoms with E-state index in [2.05, 4.69) is 0 Å². The normalized spacial score (nSPS) is 22.6. The van der Waals surface area contributed by atoms with Crippen molar-refractivity contribution in [3.8, 4) is 34.5 Å². The molecule has 2 aromatic carbocycles. The summed E-state index contributed by atoms with van der Waals surface area (Å²) in [7, 11) is 6.08. The molecule has 0 amide bonds. The summed E-state index contributed by atoms with van der Waals surface area (Å²) < 4.78 is 27.6. The highest BCUT2D eigenvalue weighted by Crippen LogP contribution is 2.55. The van der Waals surface area contributed by atoms with Gasteiger partial charge in [0.15, 0.2) is 23.0 Å². The van der Waals surface area contributed by atoms with Crippen molar-refractivity contribution >= 4 is 0 Å². The zero-order chi connectivity index (χ0) is 20.7. The molecule has 2 N–H and O–H groups in total. The Balaban J connectivity index is 1.97. The monoisotopic (exact) mass is 402 g/mol. The zero-order valence-electron chi connectivity index (χ0n) is 17.0. The average Bonchev–Trinajstić information content (AvgIpc) is 3.20. The second kappa shape index (κ2) is 7.55. The molecule has 29 heavy (non-hydrogen) atoms. The van der Waals surface area contributed by atoms with Gasteiger partial charge in [-0.15, -0.1) is 0 Å². The molecule has 7 heteroatoms. The van der Waals surface area contributed by atoms with E-state index < -0.39 is 0 Å². The Morgan fingerprint density at radius 3 is 2.03 bits per heavy atom. The quantitative estimate of drug-likeness (QED) is 0.795. The molecule has 3 unspecified atom stereocenters. The minimum absolute atomic E-state index is 0.0196. The second-order valence-corrected chi connectivity index (χ2v) is 7.45. The van der Waals surface area contributed by atoms with Gasteiger partial charge in [0, 0.05) is 11.5 Å². The molecule has 1 heterocycles. The number of rotatable bonds is 5. The third-order valence-electron chi connectivity index (χ3n) is 6.10. The fourth-order valence-corrected chi connectivity index (χ4v) is 4.76. The zero-order valence-corrected chi connectivity index (χ0v) is 17.0. The fourth-order valence-electron chi connectivity index (χ4n) is 4.76. The maximum absolute atomic E-state index is 10.7. The first-order valence-electron chi connectivity index (χ1n) is 9.53. The lowest BCUT2D eigenvalue weighted by Gasteiger charge is -2.36. The minimum atomic E-state index is -0.124. The third kappa shape index (κ3) is 3.00. The predicted molar refractivity (Wildman–Crippen MR) is 106 cm³/mol. The highest BCUT2D eigenvalue weighted by molar-refractivity contribution is 5.64.